The first-order valence-electron chi connectivity index (χ1n) is 9.39. The highest BCUT2D eigenvalue weighted by Gasteiger charge is 2.34. The maximum atomic E-state index is 13.4. The second-order valence-electron chi connectivity index (χ2n) is 7.15. The lowest BCUT2D eigenvalue weighted by Gasteiger charge is -2.32. The van der Waals surface area contributed by atoms with Crippen LogP contribution in [0.1, 0.15) is 22.6 Å². The van der Waals surface area contributed by atoms with Crippen LogP contribution in [0.2, 0.25) is 5.02 Å². The number of rotatable bonds is 6. The fourth-order valence-corrected chi connectivity index (χ4v) is 3.89. The Balaban J connectivity index is 1.61. The second-order valence-corrected chi connectivity index (χ2v) is 7.59. The van der Waals surface area contributed by atoms with Crippen LogP contribution in [0, 0.1) is 5.82 Å². The average molecular weight is 397 g/mol. The van der Waals surface area contributed by atoms with Crippen molar-refractivity contribution < 1.29 is 9.13 Å². The number of hydrogen-bond donors (Lipinski definition) is 0. The minimum atomic E-state index is -0.214. The molecule has 0 aliphatic carbocycles. The summed E-state index contributed by atoms with van der Waals surface area (Å²) in [6.07, 6.45) is 3.64. The van der Waals surface area contributed by atoms with Gasteiger partial charge in [0.05, 0.1) is 13.2 Å². The highest BCUT2D eigenvalue weighted by atomic mass is 35.5. The molecule has 1 aromatic heterocycles. The zero-order chi connectivity index (χ0) is 19.3. The van der Waals surface area contributed by atoms with Gasteiger partial charge in [-0.15, -0.1) is 0 Å². The number of halogens is 2. The third kappa shape index (κ3) is 4.58. The quantitative estimate of drug-likeness (QED) is 0.582. The van der Waals surface area contributed by atoms with Crippen molar-refractivity contribution >= 4 is 11.6 Å². The third-order valence-electron chi connectivity index (χ3n) is 5.25. The number of pyridine rings is 1. The summed E-state index contributed by atoms with van der Waals surface area (Å²) in [7, 11) is 0. The largest absolute Gasteiger partial charge is 0.379 e. The molecule has 0 bridgehead atoms. The SMILES string of the molecule is Fc1ccc([C@@H]2COC[C@H]2N(Cc2ccncc2)Cc2ccc(Cl)cc2)cc1. The zero-order valence-electron chi connectivity index (χ0n) is 15.5. The smallest absolute Gasteiger partial charge is 0.123 e. The summed E-state index contributed by atoms with van der Waals surface area (Å²) in [6, 6.07) is 19.0. The van der Waals surface area contributed by atoms with E-state index in [2.05, 4.69) is 22.0 Å². The molecule has 0 amide bonds. The van der Waals surface area contributed by atoms with E-state index in [0.29, 0.717) is 13.2 Å². The standard InChI is InChI=1S/C23H22ClFN2O/c24-20-5-1-17(2-6-20)13-27(14-18-9-11-26-12-10-18)23-16-28-15-22(23)19-3-7-21(25)8-4-19/h1-12,22-23H,13-16H2/t22-,23+/m0/s1. The molecule has 2 heterocycles. The van der Waals surface area contributed by atoms with Crippen LogP contribution in [0.3, 0.4) is 0 Å². The fourth-order valence-electron chi connectivity index (χ4n) is 3.77. The van der Waals surface area contributed by atoms with Gasteiger partial charge in [-0.2, -0.15) is 0 Å². The summed E-state index contributed by atoms with van der Waals surface area (Å²) in [4.78, 5) is 6.55. The van der Waals surface area contributed by atoms with E-state index in [1.54, 1.807) is 0 Å². The van der Waals surface area contributed by atoms with E-state index in [1.165, 1.54) is 23.3 Å². The number of ether oxygens (including phenoxy) is 1. The summed E-state index contributed by atoms with van der Waals surface area (Å²) in [5, 5.41) is 0.734. The molecule has 3 aromatic rings. The van der Waals surface area contributed by atoms with Crippen molar-refractivity contribution in [3.63, 3.8) is 0 Å². The van der Waals surface area contributed by atoms with Crippen LogP contribution >= 0.6 is 11.6 Å². The molecule has 28 heavy (non-hydrogen) atoms. The first kappa shape index (κ1) is 19.1. The molecule has 1 fully saturated rings. The molecule has 0 unspecified atom stereocenters. The number of nitrogens with zero attached hydrogens (tertiary/aromatic N) is 2. The van der Waals surface area contributed by atoms with Gasteiger partial charge in [-0.05, 0) is 53.1 Å². The minimum absolute atomic E-state index is 0.203. The van der Waals surface area contributed by atoms with Gasteiger partial charge in [-0.3, -0.25) is 9.88 Å². The Bertz CT molecular complexity index is 887. The molecule has 4 rings (SSSR count). The van der Waals surface area contributed by atoms with Crippen molar-refractivity contribution in [3.05, 3.63) is 101 Å². The van der Waals surface area contributed by atoms with Crippen molar-refractivity contribution in [2.24, 2.45) is 0 Å². The van der Waals surface area contributed by atoms with Crippen LogP contribution in [0.25, 0.3) is 0 Å². The Morgan fingerprint density at radius 1 is 0.893 bits per heavy atom. The lowest BCUT2D eigenvalue weighted by atomic mass is 9.92. The van der Waals surface area contributed by atoms with Gasteiger partial charge in [0, 0.05) is 42.5 Å². The predicted octanol–water partition coefficient (Wildman–Crippen LogP) is 5.06. The van der Waals surface area contributed by atoms with E-state index in [4.69, 9.17) is 16.3 Å². The third-order valence-corrected chi connectivity index (χ3v) is 5.50. The van der Waals surface area contributed by atoms with E-state index in [-0.39, 0.29) is 17.8 Å². The highest BCUT2D eigenvalue weighted by Crippen LogP contribution is 2.31. The number of hydrogen-bond acceptors (Lipinski definition) is 3. The molecule has 1 saturated heterocycles. The Morgan fingerprint density at radius 3 is 2.21 bits per heavy atom. The molecule has 2 atom stereocenters. The normalized spacial score (nSPS) is 19.2. The van der Waals surface area contributed by atoms with Crippen molar-refractivity contribution in [2.45, 2.75) is 25.0 Å². The number of aromatic nitrogens is 1. The van der Waals surface area contributed by atoms with Crippen LogP contribution in [-0.2, 0) is 17.8 Å². The Morgan fingerprint density at radius 2 is 1.54 bits per heavy atom. The number of benzene rings is 2. The van der Waals surface area contributed by atoms with Crippen LogP contribution in [-0.4, -0.2) is 29.1 Å². The first-order chi connectivity index (χ1) is 13.7. The van der Waals surface area contributed by atoms with Crippen molar-refractivity contribution in [1.82, 2.24) is 9.88 Å². The van der Waals surface area contributed by atoms with Crippen LogP contribution in [0.15, 0.2) is 73.1 Å². The molecule has 0 N–H and O–H groups in total. The molecule has 1 aliphatic rings. The van der Waals surface area contributed by atoms with Crippen LogP contribution < -0.4 is 0 Å². The zero-order valence-corrected chi connectivity index (χ0v) is 16.2. The van der Waals surface area contributed by atoms with E-state index < -0.39 is 0 Å². The predicted molar refractivity (Wildman–Crippen MR) is 109 cm³/mol. The lowest BCUT2D eigenvalue weighted by molar-refractivity contribution is 0.132. The molecule has 5 heteroatoms. The van der Waals surface area contributed by atoms with Gasteiger partial charge < -0.3 is 4.74 Å². The summed E-state index contributed by atoms with van der Waals surface area (Å²) in [5.41, 5.74) is 3.51. The van der Waals surface area contributed by atoms with E-state index in [1.807, 2.05) is 48.8 Å². The van der Waals surface area contributed by atoms with Gasteiger partial charge in [-0.25, -0.2) is 4.39 Å². The highest BCUT2D eigenvalue weighted by molar-refractivity contribution is 6.30. The monoisotopic (exact) mass is 396 g/mol. The maximum absolute atomic E-state index is 13.4. The summed E-state index contributed by atoms with van der Waals surface area (Å²) in [5.74, 6) is -0.0104. The summed E-state index contributed by atoms with van der Waals surface area (Å²) < 4.78 is 19.2. The molecule has 0 spiro atoms. The van der Waals surface area contributed by atoms with Gasteiger partial charge in [0.15, 0.2) is 0 Å². The Kier molecular flexibility index (Phi) is 6.01. The van der Waals surface area contributed by atoms with Gasteiger partial charge in [0.2, 0.25) is 0 Å². The second kappa shape index (κ2) is 8.82. The molecule has 0 radical (unpaired) electrons. The molecule has 3 nitrogen and oxygen atoms in total. The van der Waals surface area contributed by atoms with Gasteiger partial charge in [0.1, 0.15) is 5.82 Å². The molecular formula is C23H22ClFN2O. The van der Waals surface area contributed by atoms with E-state index in [0.717, 1.165) is 23.7 Å². The van der Waals surface area contributed by atoms with Crippen molar-refractivity contribution in [2.75, 3.05) is 13.2 Å². The van der Waals surface area contributed by atoms with Crippen LogP contribution in [0.4, 0.5) is 4.39 Å². The minimum Gasteiger partial charge on any atom is -0.379 e. The van der Waals surface area contributed by atoms with Crippen LogP contribution in [0.5, 0.6) is 0 Å². The topological polar surface area (TPSA) is 25.4 Å². The van der Waals surface area contributed by atoms with E-state index >= 15 is 0 Å². The molecule has 1 aliphatic heterocycles. The van der Waals surface area contributed by atoms with E-state index in [9.17, 15) is 4.39 Å². The summed E-state index contributed by atoms with van der Waals surface area (Å²) in [6.45, 7) is 2.87. The first-order valence-corrected chi connectivity index (χ1v) is 9.77. The fraction of sp³-hybridized carbons (Fsp3) is 0.261. The van der Waals surface area contributed by atoms with Gasteiger partial charge in [0.25, 0.3) is 0 Å². The van der Waals surface area contributed by atoms with Gasteiger partial charge in [-0.1, -0.05) is 35.9 Å². The molecule has 0 saturated carbocycles. The van der Waals surface area contributed by atoms with Crippen molar-refractivity contribution in [1.29, 1.82) is 0 Å². The Hall–Kier alpha value is -2.27. The average Bonchev–Trinajstić information content (AvgIpc) is 3.20. The molecule has 144 valence electrons. The molecular weight excluding hydrogens is 375 g/mol. The molecule has 2 aromatic carbocycles. The maximum Gasteiger partial charge on any atom is 0.123 e. The van der Waals surface area contributed by atoms with Crippen molar-refractivity contribution in [3.8, 4) is 0 Å². The van der Waals surface area contributed by atoms with Gasteiger partial charge >= 0.3 is 0 Å². The summed E-state index contributed by atoms with van der Waals surface area (Å²) >= 11 is 6.05. The Labute approximate surface area is 169 Å². The lowest BCUT2D eigenvalue weighted by Crippen LogP contribution is -2.38.